The minimum absolute atomic E-state index is 0. The number of likely N-dealkylation sites (N-methyl/N-ethyl adjacent to an activating group) is 2. The van der Waals surface area contributed by atoms with Crippen molar-refractivity contribution in [3.63, 3.8) is 0 Å². The van der Waals surface area contributed by atoms with Gasteiger partial charge in [-0.3, -0.25) is 4.79 Å². The maximum absolute atomic E-state index is 12.0. The normalized spacial score (nSPS) is 11.2. The summed E-state index contributed by atoms with van der Waals surface area (Å²) in [4.78, 5) is 13.9. The lowest BCUT2D eigenvalue weighted by Gasteiger charge is -2.27. The van der Waals surface area contributed by atoms with E-state index in [0.717, 1.165) is 30.4 Å². The van der Waals surface area contributed by atoms with Gasteiger partial charge in [0.15, 0.2) is 0 Å². The number of hydrogen-bond acceptors (Lipinski definition) is 1. The van der Waals surface area contributed by atoms with Crippen LogP contribution in [0.5, 0.6) is 0 Å². The molecule has 0 saturated carbocycles. The van der Waals surface area contributed by atoms with E-state index in [2.05, 4.69) is 28.1 Å². The molecule has 0 aromatic heterocycles. The summed E-state index contributed by atoms with van der Waals surface area (Å²) in [6.07, 6.45) is 15.4. The van der Waals surface area contributed by atoms with Gasteiger partial charge in [-0.15, -0.1) is 0 Å². The quantitative estimate of drug-likeness (QED) is 0.210. The lowest BCUT2D eigenvalue weighted by atomic mass is 10.1. The fraction of sp³-hybridized carbons (Fsp3) is 0.950. The monoisotopic (exact) mass is 454 g/mol. The molecule has 0 atom stereocenters. The molecular weight excluding hydrogens is 411 g/mol. The summed E-state index contributed by atoms with van der Waals surface area (Å²) >= 11 is 0. The molecule has 0 saturated heterocycles. The zero-order valence-electron chi connectivity index (χ0n) is 17.1. The Balaban J connectivity index is 0. The summed E-state index contributed by atoms with van der Waals surface area (Å²) < 4.78 is 0.913. The molecule has 0 heterocycles. The predicted octanol–water partition coefficient (Wildman–Crippen LogP) is 1.86. The maximum Gasteiger partial charge on any atom is 0.222 e. The number of rotatable bonds is 15. The van der Waals surface area contributed by atoms with Crippen LogP contribution >= 0.6 is 0 Å². The second-order valence-electron chi connectivity index (χ2n) is 8.11. The van der Waals surface area contributed by atoms with Gasteiger partial charge in [-0.05, 0) is 6.42 Å². The number of quaternary nitrogens is 1. The first-order chi connectivity index (χ1) is 10.9. The van der Waals surface area contributed by atoms with Crippen molar-refractivity contribution >= 4 is 5.91 Å². The average molecular weight is 454 g/mol. The molecule has 0 bridgehead atoms. The lowest BCUT2D eigenvalue weighted by molar-refractivity contribution is -0.869. The van der Waals surface area contributed by atoms with E-state index in [-0.39, 0.29) is 24.0 Å². The van der Waals surface area contributed by atoms with Crippen molar-refractivity contribution in [1.29, 1.82) is 0 Å². The number of amides is 1. The third kappa shape index (κ3) is 18.5. The molecule has 0 aliphatic rings. The minimum atomic E-state index is 0. The van der Waals surface area contributed by atoms with Crippen molar-refractivity contribution in [1.82, 2.24) is 4.90 Å². The highest BCUT2D eigenvalue weighted by atomic mass is 127. The summed E-state index contributed by atoms with van der Waals surface area (Å²) in [7, 11) is 8.45. The van der Waals surface area contributed by atoms with Crippen molar-refractivity contribution in [2.24, 2.45) is 0 Å². The second-order valence-corrected chi connectivity index (χ2v) is 8.11. The standard InChI is InChI=1S/C20H43N2O.HI/c1-6-7-8-9-10-11-12-13-14-15-16-17-20(23)21(2)18-19-22(3,4)5;/h6-19H2,1-5H3;1H/q+1;/p-1. The number of unbranched alkanes of at least 4 members (excludes halogenated alkanes) is 10. The average Bonchev–Trinajstić information content (AvgIpc) is 2.49. The highest BCUT2D eigenvalue weighted by Crippen LogP contribution is 2.12. The topological polar surface area (TPSA) is 20.3 Å². The van der Waals surface area contributed by atoms with Crippen molar-refractivity contribution in [3.05, 3.63) is 0 Å². The van der Waals surface area contributed by atoms with Crippen LogP contribution in [0.15, 0.2) is 0 Å². The van der Waals surface area contributed by atoms with Crippen LogP contribution in [0.3, 0.4) is 0 Å². The summed E-state index contributed by atoms with van der Waals surface area (Å²) in [6.45, 7) is 4.15. The molecule has 24 heavy (non-hydrogen) atoms. The third-order valence-electron chi connectivity index (χ3n) is 4.53. The SMILES string of the molecule is CCCCCCCCCCCCCC(=O)N(C)CC[N+](C)(C)C.[I-]. The van der Waals surface area contributed by atoms with E-state index in [9.17, 15) is 4.79 Å². The molecule has 0 N–H and O–H groups in total. The van der Waals surface area contributed by atoms with E-state index >= 15 is 0 Å². The largest absolute Gasteiger partial charge is 1.00 e. The molecule has 0 aromatic carbocycles. The Kier molecular flexibility index (Phi) is 18.3. The summed E-state index contributed by atoms with van der Waals surface area (Å²) in [5.74, 6) is 0.314. The number of carbonyl (C=O) groups excluding carboxylic acids is 1. The molecule has 0 rings (SSSR count). The van der Waals surface area contributed by atoms with Gasteiger partial charge >= 0.3 is 0 Å². The molecule has 0 aliphatic carbocycles. The van der Waals surface area contributed by atoms with Crippen LogP contribution in [0.4, 0.5) is 0 Å². The summed E-state index contributed by atoms with van der Waals surface area (Å²) in [5, 5.41) is 0. The molecule has 3 nitrogen and oxygen atoms in total. The van der Waals surface area contributed by atoms with Crippen LogP contribution in [0, 0.1) is 0 Å². The lowest BCUT2D eigenvalue weighted by Crippen LogP contribution is -3.00. The molecule has 0 unspecified atom stereocenters. The number of nitrogens with zero attached hydrogens (tertiary/aromatic N) is 2. The molecule has 0 aliphatic heterocycles. The van der Waals surface area contributed by atoms with Gasteiger partial charge in [-0.2, -0.15) is 0 Å². The van der Waals surface area contributed by atoms with E-state index in [4.69, 9.17) is 0 Å². The van der Waals surface area contributed by atoms with Gasteiger partial charge in [0.2, 0.25) is 5.91 Å². The predicted molar refractivity (Wildman–Crippen MR) is 102 cm³/mol. The van der Waals surface area contributed by atoms with Crippen molar-refractivity contribution in [2.75, 3.05) is 41.3 Å². The van der Waals surface area contributed by atoms with Crippen molar-refractivity contribution in [2.45, 2.75) is 84.0 Å². The molecule has 0 radical (unpaired) electrons. The van der Waals surface area contributed by atoms with E-state index < -0.39 is 0 Å². The molecule has 1 amide bonds. The van der Waals surface area contributed by atoms with E-state index in [1.165, 1.54) is 64.2 Å². The Morgan fingerprint density at radius 1 is 0.792 bits per heavy atom. The first-order valence-corrected chi connectivity index (χ1v) is 9.91. The van der Waals surface area contributed by atoms with Gasteiger partial charge in [0, 0.05) is 13.5 Å². The molecule has 4 heteroatoms. The highest BCUT2D eigenvalue weighted by Gasteiger charge is 2.12. The molecule has 0 aromatic rings. The molecular formula is C20H43IN2O. The number of hydrogen-bond donors (Lipinski definition) is 0. The molecule has 0 spiro atoms. The van der Waals surface area contributed by atoms with Crippen LogP contribution in [-0.4, -0.2) is 56.6 Å². The number of carbonyl (C=O) groups is 1. The van der Waals surface area contributed by atoms with Crippen LogP contribution in [0.1, 0.15) is 84.0 Å². The first kappa shape index (κ1) is 26.4. The first-order valence-electron chi connectivity index (χ1n) is 9.91. The van der Waals surface area contributed by atoms with Crippen LogP contribution in [-0.2, 0) is 4.79 Å². The van der Waals surface area contributed by atoms with Gasteiger partial charge in [-0.1, -0.05) is 71.1 Å². The van der Waals surface area contributed by atoms with Gasteiger partial charge < -0.3 is 33.4 Å². The smallest absolute Gasteiger partial charge is 0.222 e. The Labute approximate surface area is 169 Å². The van der Waals surface area contributed by atoms with Gasteiger partial charge in [-0.25, -0.2) is 0 Å². The Hall–Kier alpha value is 0.160. The fourth-order valence-electron chi connectivity index (χ4n) is 2.71. The van der Waals surface area contributed by atoms with E-state index in [0.29, 0.717) is 5.91 Å². The van der Waals surface area contributed by atoms with E-state index in [1.54, 1.807) is 0 Å². The highest BCUT2D eigenvalue weighted by molar-refractivity contribution is 5.75. The minimum Gasteiger partial charge on any atom is -1.00 e. The van der Waals surface area contributed by atoms with Crippen LogP contribution < -0.4 is 24.0 Å². The third-order valence-corrected chi connectivity index (χ3v) is 4.53. The Morgan fingerprint density at radius 2 is 1.21 bits per heavy atom. The molecule has 0 fully saturated rings. The molecule has 146 valence electrons. The summed E-state index contributed by atoms with van der Waals surface area (Å²) in [5.41, 5.74) is 0. The Morgan fingerprint density at radius 3 is 1.62 bits per heavy atom. The van der Waals surface area contributed by atoms with Gasteiger partial charge in [0.25, 0.3) is 0 Å². The van der Waals surface area contributed by atoms with Crippen LogP contribution in [0.25, 0.3) is 0 Å². The van der Waals surface area contributed by atoms with Crippen molar-refractivity contribution in [3.8, 4) is 0 Å². The second kappa shape index (κ2) is 16.6. The zero-order chi connectivity index (χ0) is 17.6. The van der Waals surface area contributed by atoms with E-state index in [1.807, 2.05) is 11.9 Å². The Bertz CT molecular complexity index is 290. The van der Waals surface area contributed by atoms with Gasteiger partial charge in [0.1, 0.15) is 0 Å². The van der Waals surface area contributed by atoms with Crippen LogP contribution in [0.2, 0.25) is 0 Å². The van der Waals surface area contributed by atoms with Gasteiger partial charge in [0.05, 0.1) is 34.2 Å². The van der Waals surface area contributed by atoms with Crippen molar-refractivity contribution < 1.29 is 33.3 Å². The maximum atomic E-state index is 12.0. The fourth-order valence-corrected chi connectivity index (χ4v) is 2.71. The summed E-state index contributed by atoms with van der Waals surface area (Å²) in [6, 6.07) is 0. The zero-order valence-corrected chi connectivity index (χ0v) is 19.2. The number of halogens is 1.